The summed E-state index contributed by atoms with van der Waals surface area (Å²) in [5.41, 5.74) is 0.596. The van der Waals surface area contributed by atoms with Crippen molar-refractivity contribution in [2.24, 2.45) is 7.05 Å². The zero-order valence-corrected chi connectivity index (χ0v) is 9.94. The monoisotopic (exact) mass is 247 g/mol. The third-order valence-corrected chi connectivity index (χ3v) is 2.66. The topological polar surface area (TPSA) is 90.5 Å². The molecule has 1 aliphatic carbocycles. The zero-order valence-electron chi connectivity index (χ0n) is 9.94. The Labute approximate surface area is 103 Å². The quantitative estimate of drug-likeness (QED) is 0.775. The fraction of sp³-hybridized carbons (Fsp3) is 0.500. The second-order valence-electron chi connectivity index (χ2n) is 4.35. The van der Waals surface area contributed by atoms with Gasteiger partial charge in [-0.1, -0.05) is 0 Å². The number of tetrazole rings is 1. The molecule has 1 saturated carbocycles. The number of rotatable bonds is 4. The molecule has 2 aromatic rings. The Balaban J connectivity index is 1.77. The molecule has 18 heavy (non-hydrogen) atoms. The summed E-state index contributed by atoms with van der Waals surface area (Å²) in [6, 6.07) is 2.05. The fourth-order valence-electron chi connectivity index (χ4n) is 1.62. The van der Waals surface area contributed by atoms with Crippen molar-refractivity contribution in [3.63, 3.8) is 0 Å². The van der Waals surface area contributed by atoms with Crippen molar-refractivity contribution in [2.75, 3.05) is 5.32 Å². The minimum atomic E-state index is -0.173. The van der Waals surface area contributed by atoms with Gasteiger partial charge in [-0.05, 0) is 18.1 Å². The van der Waals surface area contributed by atoms with Gasteiger partial charge in [0.1, 0.15) is 6.54 Å². The van der Waals surface area contributed by atoms with Crippen molar-refractivity contribution in [3.8, 4) is 0 Å². The lowest BCUT2D eigenvalue weighted by Crippen LogP contribution is -2.24. The van der Waals surface area contributed by atoms with Crippen LogP contribution in [0.2, 0.25) is 0 Å². The molecule has 0 aromatic carbocycles. The van der Waals surface area contributed by atoms with Gasteiger partial charge in [0.15, 0.2) is 5.82 Å². The van der Waals surface area contributed by atoms with Gasteiger partial charge in [0, 0.05) is 12.1 Å². The van der Waals surface area contributed by atoms with Crippen LogP contribution in [-0.2, 0) is 13.6 Å². The number of hydrogen-bond acceptors (Lipinski definition) is 6. The van der Waals surface area contributed by atoms with Crippen LogP contribution in [0.4, 0.5) is 5.69 Å². The van der Waals surface area contributed by atoms with Crippen LogP contribution in [0, 0.1) is 0 Å². The average molecular weight is 247 g/mol. The summed E-state index contributed by atoms with van der Waals surface area (Å²) in [6.07, 6.45) is 3.97. The van der Waals surface area contributed by atoms with Crippen LogP contribution < -0.4 is 10.9 Å². The van der Waals surface area contributed by atoms with E-state index in [0.29, 0.717) is 11.9 Å². The molecular formula is C10H13N7O. The molecule has 0 amide bonds. The Morgan fingerprint density at radius 1 is 1.50 bits per heavy atom. The van der Waals surface area contributed by atoms with Crippen molar-refractivity contribution in [1.29, 1.82) is 0 Å². The Morgan fingerprint density at radius 3 is 2.94 bits per heavy atom. The highest BCUT2D eigenvalue weighted by Crippen LogP contribution is 2.23. The fourth-order valence-corrected chi connectivity index (χ4v) is 1.62. The van der Waals surface area contributed by atoms with Crippen LogP contribution in [0.15, 0.2) is 17.1 Å². The van der Waals surface area contributed by atoms with Crippen molar-refractivity contribution in [1.82, 2.24) is 30.0 Å². The van der Waals surface area contributed by atoms with E-state index in [0.717, 1.165) is 18.5 Å². The standard InChI is InChI=1S/C10H13N7O/c1-16-14-9(13-15-16)6-17-10(18)4-8(5-11-17)12-7-2-3-7/h4-5,7,12H,2-3,6H2,1H3. The largest absolute Gasteiger partial charge is 0.381 e. The highest BCUT2D eigenvalue weighted by atomic mass is 16.1. The first kappa shape index (κ1) is 10.9. The number of aromatic nitrogens is 6. The normalized spacial score (nSPS) is 14.7. The lowest BCUT2D eigenvalue weighted by atomic mass is 10.4. The Hall–Kier alpha value is -2.25. The van der Waals surface area contributed by atoms with Crippen molar-refractivity contribution < 1.29 is 0 Å². The van der Waals surface area contributed by atoms with Crippen LogP contribution >= 0.6 is 0 Å². The number of nitrogens with one attached hydrogen (secondary N) is 1. The van der Waals surface area contributed by atoms with Crippen LogP contribution in [0.1, 0.15) is 18.7 Å². The van der Waals surface area contributed by atoms with Gasteiger partial charge in [-0.3, -0.25) is 4.79 Å². The molecule has 0 bridgehead atoms. The summed E-state index contributed by atoms with van der Waals surface area (Å²) in [4.78, 5) is 13.2. The summed E-state index contributed by atoms with van der Waals surface area (Å²) in [6.45, 7) is 0.233. The third kappa shape index (κ3) is 2.36. The van der Waals surface area contributed by atoms with E-state index in [1.807, 2.05) is 0 Å². The maximum Gasteiger partial charge on any atom is 0.269 e. The molecule has 1 N–H and O–H groups in total. The van der Waals surface area contributed by atoms with Gasteiger partial charge in [-0.15, -0.1) is 10.2 Å². The Bertz CT molecular complexity index is 613. The van der Waals surface area contributed by atoms with E-state index in [1.54, 1.807) is 19.3 Å². The van der Waals surface area contributed by atoms with Gasteiger partial charge in [0.2, 0.25) is 0 Å². The predicted molar refractivity (Wildman–Crippen MR) is 63.0 cm³/mol. The van der Waals surface area contributed by atoms with E-state index in [4.69, 9.17) is 0 Å². The van der Waals surface area contributed by atoms with E-state index in [9.17, 15) is 4.79 Å². The number of nitrogens with zero attached hydrogens (tertiary/aromatic N) is 6. The Morgan fingerprint density at radius 2 is 2.33 bits per heavy atom. The predicted octanol–water partition coefficient (Wildman–Crippen LogP) is -0.611. The van der Waals surface area contributed by atoms with Crippen LogP contribution in [0.25, 0.3) is 0 Å². The van der Waals surface area contributed by atoms with Crippen LogP contribution in [0.3, 0.4) is 0 Å². The van der Waals surface area contributed by atoms with Crippen molar-refractivity contribution >= 4 is 5.69 Å². The molecule has 94 valence electrons. The highest BCUT2D eigenvalue weighted by molar-refractivity contribution is 5.41. The van der Waals surface area contributed by atoms with E-state index in [1.165, 1.54) is 9.48 Å². The maximum atomic E-state index is 11.8. The SMILES string of the molecule is Cn1nnc(Cn2ncc(NC3CC3)cc2=O)n1. The van der Waals surface area contributed by atoms with Gasteiger partial charge in [-0.2, -0.15) is 9.90 Å². The van der Waals surface area contributed by atoms with E-state index < -0.39 is 0 Å². The first-order valence-electron chi connectivity index (χ1n) is 5.77. The summed E-state index contributed by atoms with van der Waals surface area (Å²) in [5, 5.41) is 18.9. The zero-order chi connectivity index (χ0) is 12.5. The molecule has 0 atom stereocenters. The summed E-state index contributed by atoms with van der Waals surface area (Å²) < 4.78 is 1.31. The molecule has 0 unspecified atom stereocenters. The molecule has 1 fully saturated rings. The minimum absolute atomic E-state index is 0.173. The molecule has 8 heteroatoms. The maximum absolute atomic E-state index is 11.8. The van der Waals surface area contributed by atoms with Crippen LogP contribution in [-0.4, -0.2) is 36.0 Å². The molecule has 1 aliphatic rings. The number of anilines is 1. The highest BCUT2D eigenvalue weighted by Gasteiger charge is 2.21. The molecule has 2 aromatic heterocycles. The van der Waals surface area contributed by atoms with E-state index in [-0.39, 0.29) is 12.1 Å². The van der Waals surface area contributed by atoms with E-state index >= 15 is 0 Å². The molecule has 0 aliphatic heterocycles. The number of hydrogen-bond donors (Lipinski definition) is 1. The lowest BCUT2D eigenvalue weighted by molar-refractivity contribution is 0.601. The third-order valence-electron chi connectivity index (χ3n) is 2.66. The van der Waals surface area contributed by atoms with Crippen LogP contribution in [0.5, 0.6) is 0 Å². The second-order valence-corrected chi connectivity index (χ2v) is 4.35. The molecule has 8 nitrogen and oxygen atoms in total. The minimum Gasteiger partial charge on any atom is -0.381 e. The molecule has 0 saturated heterocycles. The number of aryl methyl sites for hydroxylation is 1. The summed E-state index contributed by atoms with van der Waals surface area (Å²) in [5.74, 6) is 0.468. The van der Waals surface area contributed by atoms with Gasteiger partial charge >= 0.3 is 0 Å². The summed E-state index contributed by atoms with van der Waals surface area (Å²) >= 11 is 0. The smallest absolute Gasteiger partial charge is 0.269 e. The molecule has 3 rings (SSSR count). The van der Waals surface area contributed by atoms with Crippen molar-refractivity contribution in [3.05, 3.63) is 28.4 Å². The van der Waals surface area contributed by atoms with Gasteiger partial charge in [0.25, 0.3) is 5.56 Å². The van der Waals surface area contributed by atoms with Crippen molar-refractivity contribution in [2.45, 2.75) is 25.4 Å². The first-order valence-corrected chi connectivity index (χ1v) is 5.77. The molecule has 0 spiro atoms. The summed E-state index contributed by atoms with van der Waals surface area (Å²) in [7, 11) is 1.68. The lowest BCUT2D eigenvalue weighted by Gasteiger charge is -2.05. The van der Waals surface area contributed by atoms with Gasteiger partial charge in [0.05, 0.1) is 18.9 Å². The first-order chi connectivity index (χ1) is 8.70. The van der Waals surface area contributed by atoms with E-state index in [2.05, 4.69) is 25.8 Å². The molecule has 2 heterocycles. The second kappa shape index (κ2) is 4.21. The van der Waals surface area contributed by atoms with Gasteiger partial charge in [-0.25, -0.2) is 4.68 Å². The average Bonchev–Trinajstić information content (AvgIpc) is 3.05. The van der Waals surface area contributed by atoms with Gasteiger partial charge < -0.3 is 5.32 Å². The Kier molecular flexibility index (Phi) is 2.54. The molecule has 0 radical (unpaired) electrons. The molecular weight excluding hydrogens is 234 g/mol.